The van der Waals surface area contributed by atoms with E-state index in [1.54, 1.807) is 35.2 Å². The molecule has 0 spiro atoms. The Morgan fingerprint density at radius 2 is 1.74 bits per heavy atom. The Labute approximate surface area is 189 Å². The van der Waals surface area contributed by atoms with Gasteiger partial charge in [-0.25, -0.2) is 0 Å². The molecule has 0 bridgehead atoms. The molecule has 1 heterocycles. The second kappa shape index (κ2) is 7.77. The zero-order valence-corrected chi connectivity index (χ0v) is 18.5. The average Bonchev–Trinajstić information content (AvgIpc) is 2.65. The minimum atomic E-state index is -0.531. The molecule has 160 valence electrons. The third-order valence-electron chi connectivity index (χ3n) is 5.73. The van der Waals surface area contributed by atoms with E-state index in [1.807, 2.05) is 13.8 Å². The minimum absolute atomic E-state index is 0.0241. The third-order valence-corrected chi connectivity index (χ3v) is 6.17. The smallest absolute Gasteiger partial charge is 0.269 e. The van der Waals surface area contributed by atoms with Crippen LogP contribution in [-0.2, 0) is 9.59 Å². The van der Waals surface area contributed by atoms with Crippen LogP contribution in [0.2, 0.25) is 10.0 Å². The predicted octanol–water partition coefficient (Wildman–Crippen LogP) is 6.07. The maximum Gasteiger partial charge on any atom is 0.269 e. The summed E-state index contributed by atoms with van der Waals surface area (Å²) in [5.41, 5.74) is 1.86. The topological polar surface area (TPSA) is 80.5 Å². The number of allylic oxidation sites excluding steroid dienone is 2. The van der Waals surface area contributed by atoms with Crippen LogP contribution >= 0.6 is 23.2 Å². The van der Waals surface area contributed by atoms with Gasteiger partial charge < -0.3 is 0 Å². The van der Waals surface area contributed by atoms with Crippen molar-refractivity contribution in [3.05, 3.63) is 79.5 Å². The van der Waals surface area contributed by atoms with Crippen molar-refractivity contribution >= 4 is 46.3 Å². The summed E-state index contributed by atoms with van der Waals surface area (Å²) in [5.74, 6) is -0.788. The Bertz CT molecular complexity index is 1140. The fourth-order valence-electron chi connectivity index (χ4n) is 4.52. The molecule has 0 saturated heterocycles. The van der Waals surface area contributed by atoms with Crippen LogP contribution < -0.4 is 4.90 Å². The standard InChI is InChI=1S/C23H20Cl2N2O4/c1-23(2)11-19-22(20(28)12-23)18(13-4-3-5-16(6-13)27(30)31)10-21(29)26(19)17-8-14(24)7-15(25)9-17/h3-9,18H,10-12H2,1-2H3. The van der Waals surface area contributed by atoms with Crippen LogP contribution in [0.3, 0.4) is 0 Å². The SMILES string of the molecule is CC1(C)CC(=O)C2=C(C1)N(c1cc(Cl)cc(Cl)c1)C(=O)CC2c1cccc([N+](=O)[O-])c1. The summed E-state index contributed by atoms with van der Waals surface area (Å²) in [5, 5.41) is 12.0. The lowest BCUT2D eigenvalue weighted by molar-refractivity contribution is -0.384. The largest absolute Gasteiger partial charge is 0.294 e. The summed E-state index contributed by atoms with van der Waals surface area (Å²) in [6.07, 6.45) is 0.876. The van der Waals surface area contributed by atoms with Crippen molar-refractivity contribution in [2.75, 3.05) is 4.90 Å². The highest BCUT2D eigenvalue weighted by atomic mass is 35.5. The van der Waals surface area contributed by atoms with Gasteiger partial charge in [-0.2, -0.15) is 0 Å². The van der Waals surface area contributed by atoms with E-state index in [0.717, 1.165) is 0 Å². The molecular weight excluding hydrogens is 439 g/mol. The Hall–Kier alpha value is -2.70. The molecule has 2 aromatic rings. The van der Waals surface area contributed by atoms with E-state index in [9.17, 15) is 19.7 Å². The molecule has 8 heteroatoms. The van der Waals surface area contributed by atoms with Gasteiger partial charge in [-0.15, -0.1) is 0 Å². The van der Waals surface area contributed by atoms with Crippen LogP contribution in [0.5, 0.6) is 0 Å². The first-order valence-corrected chi connectivity index (χ1v) is 10.6. The highest BCUT2D eigenvalue weighted by Gasteiger charge is 2.44. The first-order valence-electron chi connectivity index (χ1n) is 9.85. The van der Waals surface area contributed by atoms with Crippen molar-refractivity contribution in [1.29, 1.82) is 0 Å². The lowest BCUT2D eigenvalue weighted by Crippen LogP contribution is -2.43. The Balaban J connectivity index is 1.91. The number of amides is 1. The van der Waals surface area contributed by atoms with Crippen LogP contribution in [0.4, 0.5) is 11.4 Å². The normalized spacial score (nSPS) is 20.6. The molecule has 1 amide bonds. The number of carbonyl (C=O) groups excluding carboxylic acids is 2. The maximum atomic E-state index is 13.4. The molecule has 4 rings (SSSR count). The number of nitrogens with zero attached hydrogens (tertiary/aromatic N) is 2. The summed E-state index contributed by atoms with van der Waals surface area (Å²) in [7, 11) is 0. The van der Waals surface area contributed by atoms with Gasteiger partial charge in [0.25, 0.3) is 5.69 Å². The van der Waals surface area contributed by atoms with Gasteiger partial charge >= 0.3 is 0 Å². The van der Waals surface area contributed by atoms with Gasteiger partial charge in [0.2, 0.25) is 5.91 Å². The Morgan fingerprint density at radius 1 is 1.06 bits per heavy atom. The van der Waals surface area contributed by atoms with Crippen molar-refractivity contribution in [3.63, 3.8) is 0 Å². The van der Waals surface area contributed by atoms with Gasteiger partial charge in [0.15, 0.2) is 5.78 Å². The third kappa shape index (κ3) is 4.10. The second-order valence-corrected chi connectivity index (χ2v) is 9.64. The number of carbonyl (C=O) groups is 2. The van der Waals surface area contributed by atoms with Gasteiger partial charge in [0.1, 0.15) is 0 Å². The number of anilines is 1. The average molecular weight is 459 g/mol. The van der Waals surface area contributed by atoms with Gasteiger partial charge in [-0.1, -0.05) is 49.2 Å². The molecule has 2 aromatic carbocycles. The van der Waals surface area contributed by atoms with Crippen LogP contribution in [0, 0.1) is 15.5 Å². The number of benzene rings is 2. The van der Waals surface area contributed by atoms with Crippen LogP contribution in [0.1, 0.15) is 44.6 Å². The number of hydrogen-bond donors (Lipinski definition) is 0. The van der Waals surface area contributed by atoms with Crippen molar-refractivity contribution < 1.29 is 14.5 Å². The minimum Gasteiger partial charge on any atom is -0.294 e. The fourth-order valence-corrected chi connectivity index (χ4v) is 5.04. The maximum absolute atomic E-state index is 13.4. The Kier molecular flexibility index (Phi) is 5.40. The number of rotatable bonds is 3. The first kappa shape index (κ1) is 21.5. The van der Waals surface area contributed by atoms with Crippen molar-refractivity contribution in [1.82, 2.24) is 0 Å². The van der Waals surface area contributed by atoms with E-state index in [-0.39, 0.29) is 29.2 Å². The molecule has 0 aromatic heterocycles. The number of hydrogen-bond acceptors (Lipinski definition) is 4. The van der Waals surface area contributed by atoms with Gasteiger partial charge in [-0.3, -0.25) is 24.6 Å². The van der Waals surface area contributed by atoms with Crippen LogP contribution in [0.25, 0.3) is 0 Å². The molecule has 6 nitrogen and oxygen atoms in total. The summed E-state index contributed by atoms with van der Waals surface area (Å²) < 4.78 is 0. The molecule has 1 atom stereocenters. The zero-order chi connectivity index (χ0) is 22.5. The van der Waals surface area contributed by atoms with E-state index in [4.69, 9.17) is 23.2 Å². The molecule has 31 heavy (non-hydrogen) atoms. The predicted molar refractivity (Wildman–Crippen MR) is 119 cm³/mol. The van der Waals surface area contributed by atoms with Gasteiger partial charge in [-0.05, 0) is 35.6 Å². The van der Waals surface area contributed by atoms with Gasteiger partial charge in [0, 0.05) is 52.2 Å². The van der Waals surface area contributed by atoms with E-state index in [0.29, 0.717) is 45.4 Å². The number of ketones is 1. The zero-order valence-electron chi connectivity index (χ0n) is 17.0. The number of nitro benzene ring substituents is 1. The second-order valence-electron chi connectivity index (χ2n) is 8.77. The lowest BCUT2D eigenvalue weighted by atomic mass is 9.69. The summed E-state index contributed by atoms with van der Waals surface area (Å²) in [6, 6.07) is 11.0. The number of Topliss-reactive ketones (excluding diaryl/α,β-unsaturated/α-hetero) is 1. The van der Waals surface area contributed by atoms with Gasteiger partial charge in [0.05, 0.1) is 10.6 Å². The van der Waals surface area contributed by atoms with E-state index in [1.165, 1.54) is 12.1 Å². The summed E-state index contributed by atoms with van der Waals surface area (Å²) in [4.78, 5) is 39.0. The van der Waals surface area contributed by atoms with E-state index in [2.05, 4.69) is 0 Å². The molecule has 0 radical (unpaired) electrons. The van der Waals surface area contributed by atoms with Crippen LogP contribution in [0.15, 0.2) is 53.7 Å². The Morgan fingerprint density at radius 3 is 2.39 bits per heavy atom. The summed E-state index contributed by atoms with van der Waals surface area (Å²) >= 11 is 12.4. The molecular formula is C23H20Cl2N2O4. The van der Waals surface area contributed by atoms with E-state index >= 15 is 0 Å². The molecule has 0 saturated carbocycles. The van der Waals surface area contributed by atoms with Crippen molar-refractivity contribution in [2.45, 2.75) is 39.0 Å². The summed E-state index contributed by atoms with van der Waals surface area (Å²) in [6.45, 7) is 3.97. The first-order chi connectivity index (χ1) is 14.6. The van der Waals surface area contributed by atoms with Crippen LogP contribution in [-0.4, -0.2) is 16.6 Å². The molecule has 1 unspecified atom stereocenters. The highest BCUT2D eigenvalue weighted by molar-refractivity contribution is 6.35. The number of halogens is 2. The molecule has 1 aliphatic heterocycles. The fraction of sp³-hybridized carbons (Fsp3) is 0.304. The molecule has 0 fully saturated rings. The van der Waals surface area contributed by atoms with Crippen molar-refractivity contribution in [2.24, 2.45) is 5.41 Å². The molecule has 2 aliphatic rings. The number of nitro groups is 1. The van der Waals surface area contributed by atoms with Crippen molar-refractivity contribution in [3.8, 4) is 0 Å². The van der Waals surface area contributed by atoms with E-state index < -0.39 is 10.8 Å². The molecule has 0 N–H and O–H groups in total. The molecule has 1 aliphatic carbocycles. The quantitative estimate of drug-likeness (QED) is 0.413. The number of non-ortho nitro benzene ring substituents is 1. The highest BCUT2D eigenvalue weighted by Crippen LogP contribution is 2.48. The monoisotopic (exact) mass is 458 g/mol. The lowest BCUT2D eigenvalue weighted by Gasteiger charge is -2.43.